The third-order valence-corrected chi connectivity index (χ3v) is 2.29. The van der Waals surface area contributed by atoms with Gasteiger partial charge < -0.3 is 5.32 Å². The Morgan fingerprint density at radius 3 is 2.94 bits per heavy atom. The van der Waals surface area contributed by atoms with Crippen LogP contribution in [0.4, 0.5) is 5.82 Å². The molecule has 0 aliphatic heterocycles. The molecule has 2 rings (SSSR count). The fourth-order valence-corrected chi connectivity index (χ4v) is 1.53. The Labute approximate surface area is 94.5 Å². The summed E-state index contributed by atoms with van der Waals surface area (Å²) in [5.41, 5.74) is 0.957. The second kappa shape index (κ2) is 4.74. The van der Waals surface area contributed by atoms with Gasteiger partial charge >= 0.3 is 0 Å². The molecule has 0 amide bonds. The van der Waals surface area contributed by atoms with Crippen molar-refractivity contribution in [1.82, 2.24) is 19.7 Å². The van der Waals surface area contributed by atoms with Crippen LogP contribution in [0, 0.1) is 0 Å². The van der Waals surface area contributed by atoms with E-state index in [9.17, 15) is 0 Å². The summed E-state index contributed by atoms with van der Waals surface area (Å²) in [6, 6.07) is 3.77. The van der Waals surface area contributed by atoms with Crippen molar-refractivity contribution in [3.63, 3.8) is 0 Å². The van der Waals surface area contributed by atoms with Crippen LogP contribution in [0.25, 0.3) is 11.5 Å². The van der Waals surface area contributed by atoms with Gasteiger partial charge in [0.15, 0.2) is 5.82 Å². The number of rotatable bonds is 4. The summed E-state index contributed by atoms with van der Waals surface area (Å²) in [4.78, 5) is 8.65. The lowest BCUT2D eigenvalue weighted by Crippen LogP contribution is -2.04. The summed E-state index contributed by atoms with van der Waals surface area (Å²) < 4.78 is 1.93. The first kappa shape index (κ1) is 10.6. The van der Waals surface area contributed by atoms with E-state index >= 15 is 0 Å². The molecule has 0 saturated heterocycles. The van der Waals surface area contributed by atoms with Crippen LogP contribution in [0.3, 0.4) is 0 Å². The van der Waals surface area contributed by atoms with E-state index in [0.717, 1.165) is 24.5 Å². The van der Waals surface area contributed by atoms with Crippen molar-refractivity contribution in [2.75, 3.05) is 12.4 Å². The maximum Gasteiger partial charge on any atom is 0.179 e. The molecule has 0 radical (unpaired) electrons. The van der Waals surface area contributed by atoms with Crippen molar-refractivity contribution in [3.05, 3.63) is 24.5 Å². The van der Waals surface area contributed by atoms with E-state index in [1.54, 1.807) is 12.4 Å². The predicted molar refractivity (Wildman–Crippen MR) is 63.1 cm³/mol. The van der Waals surface area contributed by atoms with Gasteiger partial charge in [0.1, 0.15) is 11.5 Å². The summed E-state index contributed by atoms with van der Waals surface area (Å²) in [6.07, 6.45) is 4.57. The van der Waals surface area contributed by atoms with Gasteiger partial charge in [-0.15, -0.1) is 0 Å². The molecule has 0 fully saturated rings. The van der Waals surface area contributed by atoms with E-state index < -0.39 is 0 Å². The van der Waals surface area contributed by atoms with Crippen LogP contribution in [-0.4, -0.2) is 26.8 Å². The average molecular weight is 217 g/mol. The van der Waals surface area contributed by atoms with Gasteiger partial charge in [0.05, 0.1) is 0 Å². The number of nitrogens with one attached hydrogen (secondary N) is 1. The first-order valence-corrected chi connectivity index (χ1v) is 5.38. The molecule has 0 atom stereocenters. The van der Waals surface area contributed by atoms with Gasteiger partial charge in [-0.1, -0.05) is 6.92 Å². The molecule has 0 bridgehead atoms. The predicted octanol–water partition coefficient (Wildman–Crippen LogP) is 1.79. The van der Waals surface area contributed by atoms with E-state index in [2.05, 4.69) is 27.3 Å². The molecule has 2 heterocycles. The lowest BCUT2D eigenvalue weighted by Gasteiger charge is -2.05. The van der Waals surface area contributed by atoms with E-state index in [4.69, 9.17) is 0 Å². The van der Waals surface area contributed by atoms with Crippen molar-refractivity contribution in [2.45, 2.75) is 19.9 Å². The van der Waals surface area contributed by atoms with Gasteiger partial charge in [0, 0.05) is 26.0 Å². The quantitative estimate of drug-likeness (QED) is 0.848. The number of hydrogen-bond donors (Lipinski definition) is 1. The number of nitrogens with zero attached hydrogens (tertiary/aromatic N) is 4. The Hall–Kier alpha value is -1.91. The highest BCUT2D eigenvalue weighted by Gasteiger charge is 2.07. The Morgan fingerprint density at radius 1 is 1.31 bits per heavy atom. The summed E-state index contributed by atoms with van der Waals surface area (Å²) in [6.45, 7) is 3.01. The summed E-state index contributed by atoms with van der Waals surface area (Å²) in [5.74, 6) is 1.52. The molecule has 5 nitrogen and oxygen atoms in total. The molecule has 2 aromatic rings. The van der Waals surface area contributed by atoms with Crippen molar-refractivity contribution < 1.29 is 0 Å². The van der Waals surface area contributed by atoms with Crippen LogP contribution in [0.5, 0.6) is 0 Å². The van der Waals surface area contributed by atoms with Crippen LogP contribution in [-0.2, 0) is 6.54 Å². The van der Waals surface area contributed by atoms with Gasteiger partial charge in [-0.2, -0.15) is 5.10 Å². The maximum atomic E-state index is 4.39. The third kappa shape index (κ3) is 2.03. The van der Waals surface area contributed by atoms with Crippen molar-refractivity contribution >= 4 is 5.82 Å². The molecule has 84 valence electrons. The standard InChI is InChI=1S/C11H15N5/c1-3-8-16-9(4-7-14-16)11-13-6-5-10(12-2)15-11/h4-7H,3,8H2,1-2H3,(H,12,13,15). The Balaban J connectivity index is 2.37. The first-order valence-electron chi connectivity index (χ1n) is 5.38. The van der Waals surface area contributed by atoms with Crippen molar-refractivity contribution in [2.24, 2.45) is 0 Å². The monoisotopic (exact) mass is 217 g/mol. The van der Waals surface area contributed by atoms with Gasteiger partial charge in [0.25, 0.3) is 0 Å². The average Bonchev–Trinajstić information content (AvgIpc) is 2.78. The minimum absolute atomic E-state index is 0.706. The highest BCUT2D eigenvalue weighted by Crippen LogP contribution is 2.15. The Bertz CT molecular complexity index is 463. The van der Waals surface area contributed by atoms with Crippen LogP contribution < -0.4 is 5.32 Å². The summed E-state index contributed by atoms with van der Waals surface area (Å²) in [5, 5.41) is 7.25. The highest BCUT2D eigenvalue weighted by molar-refractivity contribution is 5.51. The second-order valence-corrected chi connectivity index (χ2v) is 3.46. The van der Waals surface area contributed by atoms with Gasteiger partial charge in [-0.25, -0.2) is 9.97 Å². The smallest absolute Gasteiger partial charge is 0.179 e. The minimum atomic E-state index is 0.706. The molecule has 0 aromatic carbocycles. The molecule has 0 aliphatic rings. The molecular formula is C11H15N5. The number of aryl methyl sites for hydroxylation is 1. The molecule has 16 heavy (non-hydrogen) atoms. The number of aromatic nitrogens is 4. The second-order valence-electron chi connectivity index (χ2n) is 3.46. The van der Waals surface area contributed by atoms with Crippen molar-refractivity contribution in [3.8, 4) is 11.5 Å². The first-order chi connectivity index (χ1) is 7.85. The van der Waals surface area contributed by atoms with E-state index in [-0.39, 0.29) is 0 Å². The third-order valence-electron chi connectivity index (χ3n) is 2.29. The van der Waals surface area contributed by atoms with Gasteiger partial charge in [-0.05, 0) is 18.6 Å². The minimum Gasteiger partial charge on any atom is -0.373 e. The SMILES string of the molecule is CCCn1nccc1-c1nccc(NC)n1. The molecule has 2 aromatic heterocycles. The zero-order valence-electron chi connectivity index (χ0n) is 9.51. The molecular weight excluding hydrogens is 202 g/mol. The van der Waals surface area contributed by atoms with E-state index in [1.165, 1.54) is 0 Å². The lowest BCUT2D eigenvalue weighted by atomic mass is 10.3. The maximum absolute atomic E-state index is 4.39. The largest absolute Gasteiger partial charge is 0.373 e. The molecule has 1 N–H and O–H groups in total. The van der Waals surface area contributed by atoms with Crippen LogP contribution in [0.15, 0.2) is 24.5 Å². The highest BCUT2D eigenvalue weighted by atomic mass is 15.3. The zero-order valence-corrected chi connectivity index (χ0v) is 9.51. The fourth-order valence-electron chi connectivity index (χ4n) is 1.53. The van der Waals surface area contributed by atoms with Gasteiger partial charge in [0.2, 0.25) is 0 Å². The van der Waals surface area contributed by atoms with Crippen molar-refractivity contribution in [1.29, 1.82) is 0 Å². The van der Waals surface area contributed by atoms with E-state index in [1.807, 2.05) is 23.9 Å². The molecule has 0 spiro atoms. The van der Waals surface area contributed by atoms with Gasteiger partial charge in [-0.3, -0.25) is 4.68 Å². The topological polar surface area (TPSA) is 55.6 Å². The van der Waals surface area contributed by atoms with Crippen LogP contribution in [0.1, 0.15) is 13.3 Å². The van der Waals surface area contributed by atoms with Crippen LogP contribution >= 0.6 is 0 Å². The van der Waals surface area contributed by atoms with Crippen LogP contribution in [0.2, 0.25) is 0 Å². The number of hydrogen-bond acceptors (Lipinski definition) is 4. The summed E-state index contributed by atoms with van der Waals surface area (Å²) in [7, 11) is 1.84. The zero-order chi connectivity index (χ0) is 11.4. The molecule has 0 unspecified atom stereocenters. The Kier molecular flexibility index (Phi) is 3.14. The number of anilines is 1. The Morgan fingerprint density at radius 2 is 2.19 bits per heavy atom. The molecule has 0 aliphatic carbocycles. The molecule has 0 saturated carbocycles. The summed E-state index contributed by atoms with van der Waals surface area (Å²) >= 11 is 0. The normalized spacial score (nSPS) is 10.4. The fraction of sp³-hybridized carbons (Fsp3) is 0.364. The molecule has 5 heteroatoms. The lowest BCUT2D eigenvalue weighted by molar-refractivity contribution is 0.607. The van der Waals surface area contributed by atoms with E-state index in [0.29, 0.717) is 5.82 Å².